The van der Waals surface area contributed by atoms with Crippen molar-refractivity contribution in [1.82, 2.24) is 4.72 Å². The van der Waals surface area contributed by atoms with Gasteiger partial charge in [-0.15, -0.1) is 11.6 Å². The lowest BCUT2D eigenvalue weighted by molar-refractivity contribution is 0.495. The quantitative estimate of drug-likeness (QED) is 0.677. The number of sulfonamides is 1. The molecule has 3 nitrogen and oxygen atoms in total. The van der Waals surface area contributed by atoms with Gasteiger partial charge in [0, 0.05) is 11.4 Å². The molecule has 0 heterocycles. The Labute approximate surface area is 120 Å². The first-order chi connectivity index (χ1) is 8.10. The minimum absolute atomic E-state index is 0.0555. The molecule has 1 aromatic carbocycles. The third kappa shape index (κ3) is 3.48. The Kier molecular flexibility index (Phi) is 4.89. The molecule has 102 valence electrons. The average Bonchev–Trinajstić information content (AvgIpc) is 2.24. The van der Waals surface area contributed by atoms with E-state index in [0.717, 1.165) is 12.1 Å². The molecule has 0 saturated carbocycles. The van der Waals surface area contributed by atoms with Gasteiger partial charge in [-0.25, -0.2) is 17.5 Å². The fraction of sp³-hybridized carbons (Fsp3) is 0.400. The van der Waals surface area contributed by atoms with Gasteiger partial charge in [0.2, 0.25) is 10.0 Å². The Morgan fingerprint density at radius 2 is 1.89 bits per heavy atom. The molecule has 0 aliphatic carbocycles. The summed E-state index contributed by atoms with van der Waals surface area (Å²) in [4.78, 5) is -0.371. The third-order valence-electron chi connectivity index (χ3n) is 2.03. The molecule has 0 spiro atoms. The second-order valence-corrected chi connectivity index (χ2v) is 7.00. The summed E-state index contributed by atoms with van der Waals surface area (Å²) in [5.41, 5.74) is -0.875. The molecule has 0 bridgehead atoms. The molecule has 18 heavy (non-hydrogen) atoms. The van der Waals surface area contributed by atoms with Gasteiger partial charge in [-0.2, -0.15) is 0 Å². The maximum Gasteiger partial charge on any atom is 0.242 e. The van der Waals surface area contributed by atoms with Gasteiger partial charge in [-0.3, -0.25) is 0 Å². The van der Waals surface area contributed by atoms with Crippen molar-refractivity contribution in [2.24, 2.45) is 0 Å². The number of hydrogen-bond acceptors (Lipinski definition) is 2. The highest BCUT2D eigenvalue weighted by Gasteiger charge is 2.28. The SMILES string of the molecule is CC(C)(CCl)NS(=O)(=O)c1ccc(Cl)c(F)c1Cl. The Balaban J connectivity index is 3.27. The van der Waals surface area contributed by atoms with Crippen molar-refractivity contribution in [3.05, 3.63) is 28.0 Å². The maximum absolute atomic E-state index is 13.5. The van der Waals surface area contributed by atoms with Gasteiger partial charge < -0.3 is 0 Å². The largest absolute Gasteiger partial charge is 0.242 e. The normalized spacial score (nSPS) is 12.8. The highest BCUT2D eigenvalue weighted by molar-refractivity contribution is 7.89. The highest BCUT2D eigenvalue weighted by Crippen LogP contribution is 2.30. The summed E-state index contributed by atoms with van der Waals surface area (Å²) in [6.07, 6.45) is 0. The number of alkyl halides is 1. The Morgan fingerprint density at radius 3 is 2.39 bits per heavy atom. The van der Waals surface area contributed by atoms with E-state index in [4.69, 9.17) is 34.8 Å². The molecule has 1 N–H and O–H groups in total. The molecule has 0 saturated heterocycles. The third-order valence-corrected chi connectivity index (χ3v) is 5.22. The zero-order valence-corrected chi connectivity index (χ0v) is 12.7. The molecule has 0 aliphatic rings. The molecular formula is C10H11Cl3FNO2S. The van der Waals surface area contributed by atoms with E-state index in [9.17, 15) is 12.8 Å². The van der Waals surface area contributed by atoms with Gasteiger partial charge in [0.05, 0.1) is 10.0 Å². The van der Waals surface area contributed by atoms with E-state index in [0.29, 0.717) is 0 Å². The van der Waals surface area contributed by atoms with Gasteiger partial charge in [-0.1, -0.05) is 23.2 Å². The van der Waals surface area contributed by atoms with Gasteiger partial charge in [-0.05, 0) is 26.0 Å². The zero-order chi connectivity index (χ0) is 14.1. The number of nitrogens with one attached hydrogen (secondary N) is 1. The topological polar surface area (TPSA) is 46.2 Å². The Bertz CT molecular complexity index is 560. The minimum atomic E-state index is -3.97. The van der Waals surface area contributed by atoms with Crippen LogP contribution >= 0.6 is 34.8 Å². The van der Waals surface area contributed by atoms with Crippen LogP contribution in [-0.2, 0) is 10.0 Å². The molecule has 1 aromatic rings. The molecule has 0 amide bonds. The van der Waals surface area contributed by atoms with Crippen LogP contribution in [0.1, 0.15) is 13.8 Å². The van der Waals surface area contributed by atoms with E-state index in [1.54, 1.807) is 13.8 Å². The van der Waals surface area contributed by atoms with Crippen LogP contribution in [0.5, 0.6) is 0 Å². The van der Waals surface area contributed by atoms with E-state index in [2.05, 4.69) is 4.72 Å². The first-order valence-corrected chi connectivity index (χ1v) is 7.61. The Morgan fingerprint density at radius 1 is 1.33 bits per heavy atom. The summed E-state index contributed by atoms with van der Waals surface area (Å²) in [6, 6.07) is 2.27. The van der Waals surface area contributed by atoms with Crippen LogP contribution in [0, 0.1) is 5.82 Å². The lowest BCUT2D eigenvalue weighted by Crippen LogP contribution is -2.44. The predicted octanol–water partition coefficient (Wildman–Crippen LogP) is 3.43. The molecule has 0 unspecified atom stereocenters. The van der Waals surface area contributed by atoms with Crippen molar-refractivity contribution in [3.8, 4) is 0 Å². The first kappa shape index (κ1) is 16.0. The van der Waals surface area contributed by atoms with Crippen molar-refractivity contribution in [3.63, 3.8) is 0 Å². The molecule has 0 atom stereocenters. The number of hydrogen-bond donors (Lipinski definition) is 1. The molecular weight excluding hydrogens is 324 g/mol. The number of benzene rings is 1. The maximum atomic E-state index is 13.5. The van der Waals surface area contributed by atoms with Crippen molar-refractivity contribution >= 4 is 44.8 Å². The van der Waals surface area contributed by atoms with Crippen molar-refractivity contribution in [1.29, 1.82) is 0 Å². The van der Waals surface area contributed by atoms with E-state index >= 15 is 0 Å². The highest BCUT2D eigenvalue weighted by atomic mass is 35.5. The first-order valence-electron chi connectivity index (χ1n) is 4.84. The van der Waals surface area contributed by atoms with Gasteiger partial charge in [0.15, 0.2) is 5.82 Å². The number of rotatable bonds is 4. The fourth-order valence-corrected chi connectivity index (χ4v) is 3.47. The van der Waals surface area contributed by atoms with Crippen LogP contribution in [0.3, 0.4) is 0 Å². The Hall–Kier alpha value is -0.0700. The summed E-state index contributed by atoms with van der Waals surface area (Å²) in [5.74, 6) is -0.912. The summed E-state index contributed by atoms with van der Waals surface area (Å²) < 4.78 is 39.8. The standard InChI is InChI=1S/C10H11Cl3FNO2S/c1-10(2,5-11)15-18(16,17)7-4-3-6(12)9(14)8(7)13/h3-4,15H,5H2,1-2H3. The summed E-state index contributed by atoms with van der Waals surface area (Å²) in [7, 11) is -3.97. The van der Waals surface area contributed by atoms with Gasteiger partial charge in [0.1, 0.15) is 4.90 Å². The van der Waals surface area contributed by atoms with Crippen LogP contribution in [0.15, 0.2) is 17.0 Å². The smallest absolute Gasteiger partial charge is 0.207 e. The van der Waals surface area contributed by atoms with Crippen molar-refractivity contribution < 1.29 is 12.8 Å². The molecule has 0 aromatic heterocycles. The average molecular weight is 335 g/mol. The molecule has 0 aliphatic heterocycles. The second kappa shape index (κ2) is 5.51. The lowest BCUT2D eigenvalue weighted by atomic mass is 10.1. The molecule has 0 radical (unpaired) electrons. The van der Waals surface area contributed by atoms with E-state index in [1.165, 1.54) is 0 Å². The zero-order valence-electron chi connectivity index (χ0n) is 9.60. The van der Waals surface area contributed by atoms with Crippen molar-refractivity contribution in [2.75, 3.05) is 5.88 Å². The minimum Gasteiger partial charge on any atom is -0.207 e. The second-order valence-electron chi connectivity index (χ2n) is 4.30. The summed E-state index contributed by atoms with van der Waals surface area (Å²) >= 11 is 16.8. The van der Waals surface area contributed by atoms with Gasteiger partial charge in [0.25, 0.3) is 0 Å². The van der Waals surface area contributed by atoms with Crippen LogP contribution in [0.2, 0.25) is 10.0 Å². The van der Waals surface area contributed by atoms with Crippen molar-refractivity contribution in [2.45, 2.75) is 24.3 Å². The monoisotopic (exact) mass is 333 g/mol. The van der Waals surface area contributed by atoms with E-state index in [-0.39, 0.29) is 15.8 Å². The summed E-state index contributed by atoms with van der Waals surface area (Å²) in [6.45, 7) is 3.19. The summed E-state index contributed by atoms with van der Waals surface area (Å²) in [5, 5.41) is -0.782. The molecule has 0 fully saturated rings. The van der Waals surface area contributed by atoms with E-state index in [1.807, 2.05) is 0 Å². The predicted molar refractivity (Wildman–Crippen MR) is 71.5 cm³/mol. The van der Waals surface area contributed by atoms with Crippen LogP contribution in [-0.4, -0.2) is 19.8 Å². The molecule has 8 heteroatoms. The van der Waals surface area contributed by atoms with E-state index < -0.39 is 26.4 Å². The number of halogens is 4. The van der Waals surface area contributed by atoms with Crippen LogP contribution < -0.4 is 4.72 Å². The molecule has 1 rings (SSSR count). The van der Waals surface area contributed by atoms with Crippen LogP contribution in [0.25, 0.3) is 0 Å². The van der Waals surface area contributed by atoms with Crippen LogP contribution in [0.4, 0.5) is 4.39 Å². The van der Waals surface area contributed by atoms with Gasteiger partial charge >= 0.3 is 0 Å². The lowest BCUT2D eigenvalue weighted by Gasteiger charge is -2.23. The fourth-order valence-electron chi connectivity index (χ4n) is 1.16.